The van der Waals surface area contributed by atoms with Crippen molar-refractivity contribution in [3.05, 3.63) is 29.8 Å². The molecule has 2 rings (SSSR count). The summed E-state index contributed by atoms with van der Waals surface area (Å²) >= 11 is 0. The predicted octanol–water partition coefficient (Wildman–Crippen LogP) is 2.01. The molecule has 0 saturated heterocycles. The van der Waals surface area contributed by atoms with Crippen LogP contribution in [0.5, 0.6) is 0 Å². The fourth-order valence-corrected chi connectivity index (χ4v) is 1.82. The number of aliphatic hydroxyl groups excluding tert-OH is 1. The third-order valence-electron chi connectivity index (χ3n) is 3.05. The molecule has 0 bridgehead atoms. The zero-order valence-electron chi connectivity index (χ0n) is 10.4. The molecule has 1 aromatic carbocycles. The minimum Gasteiger partial charge on any atom is -0.395 e. The number of amides is 1. The number of anilines is 1. The van der Waals surface area contributed by atoms with Crippen molar-refractivity contribution in [3.63, 3.8) is 0 Å². The molecule has 1 aliphatic carbocycles. The minimum absolute atomic E-state index is 0.0724. The summed E-state index contributed by atoms with van der Waals surface area (Å²) in [4.78, 5) is 11.8. The van der Waals surface area contributed by atoms with Gasteiger partial charge in [0.25, 0.3) is 0 Å². The molecule has 1 aromatic rings. The molecule has 1 aliphatic rings. The van der Waals surface area contributed by atoms with Gasteiger partial charge in [0.1, 0.15) is 0 Å². The van der Waals surface area contributed by atoms with E-state index in [-0.39, 0.29) is 18.4 Å². The number of rotatable bonds is 3. The van der Waals surface area contributed by atoms with Crippen LogP contribution in [0.3, 0.4) is 0 Å². The van der Waals surface area contributed by atoms with Gasteiger partial charge in [-0.05, 0) is 30.5 Å². The van der Waals surface area contributed by atoms with Gasteiger partial charge in [0.05, 0.1) is 6.61 Å². The third-order valence-corrected chi connectivity index (χ3v) is 3.05. The molecule has 0 aliphatic heterocycles. The van der Waals surface area contributed by atoms with Crippen LogP contribution in [-0.4, -0.2) is 17.6 Å². The van der Waals surface area contributed by atoms with Gasteiger partial charge in [-0.1, -0.05) is 24.8 Å². The SMILES string of the molecule is CC1CC1C(=O)Nc1cccc(C#CCCO)c1. The first-order valence-corrected chi connectivity index (χ1v) is 6.21. The normalized spacial score (nSPS) is 20.8. The van der Waals surface area contributed by atoms with Gasteiger partial charge >= 0.3 is 0 Å². The van der Waals surface area contributed by atoms with E-state index in [9.17, 15) is 4.79 Å². The summed E-state index contributed by atoms with van der Waals surface area (Å²) in [7, 11) is 0. The number of benzene rings is 1. The van der Waals surface area contributed by atoms with Gasteiger partial charge in [-0.2, -0.15) is 0 Å². The van der Waals surface area contributed by atoms with Gasteiger partial charge < -0.3 is 10.4 Å². The Bertz CT molecular complexity index is 499. The second-order valence-corrected chi connectivity index (χ2v) is 4.66. The highest BCUT2D eigenvalue weighted by Crippen LogP contribution is 2.38. The van der Waals surface area contributed by atoms with Crippen LogP contribution >= 0.6 is 0 Å². The average Bonchev–Trinajstić information content (AvgIpc) is 3.07. The zero-order chi connectivity index (χ0) is 13.0. The number of carbonyl (C=O) groups is 1. The Hall–Kier alpha value is -1.79. The predicted molar refractivity (Wildman–Crippen MR) is 70.9 cm³/mol. The first-order valence-electron chi connectivity index (χ1n) is 6.21. The third kappa shape index (κ3) is 3.35. The lowest BCUT2D eigenvalue weighted by atomic mass is 10.2. The van der Waals surface area contributed by atoms with Crippen molar-refractivity contribution in [2.24, 2.45) is 11.8 Å². The summed E-state index contributed by atoms with van der Waals surface area (Å²) in [6, 6.07) is 7.48. The highest BCUT2D eigenvalue weighted by molar-refractivity contribution is 5.94. The van der Waals surface area contributed by atoms with Gasteiger partial charge in [-0.25, -0.2) is 0 Å². The first kappa shape index (κ1) is 12.7. The maximum Gasteiger partial charge on any atom is 0.227 e. The topological polar surface area (TPSA) is 49.3 Å². The summed E-state index contributed by atoms with van der Waals surface area (Å²) in [6.45, 7) is 2.16. The van der Waals surface area contributed by atoms with Crippen molar-refractivity contribution >= 4 is 11.6 Å². The molecule has 0 spiro atoms. The van der Waals surface area contributed by atoms with Crippen LogP contribution in [0.2, 0.25) is 0 Å². The Morgan fingerprint density at radius 2 is 2.33 bits per heavy atom. The molecule has 18 heavy (non-hydrogen) atoms. The lowest BCUT2D eigenvalue weighted by molar-refractivity contribution is -0.117. The van der Waals surface area contributed by atoms with Crippen LogP contribution in [0, 0.1) is 23.7 Å². The molecule has 1 amide bonds. The van der Waals surface area contributed by atoms with Gasteiger partial charge in [0, 0.05) is 23.6 Å². The lowest BCUT2D eigenvalue weighted by Crippen LogP contribution is -2.14. The zero-order valence-corrected chi connectivity index (χ0v) is 10.4. The van der Waals surface area contributed by atoms with Crippen LogP contribution < -0.4 is 5.32 Å². The molecule has 2 N–H and O–H groups in total. The Morgan fingerprint density at radius 3 is 3.00 bits per heavy atom. The van der Waals surface area contributed by atoms with Crippen LogP contribution in [0.25, 0.3) is 0 Å². The van der Waals surface area contributed by atoms with Crippen molar-refractivity contribution in [3.8, 4) is 11.8 Å². The molecule has 2 atom stereocenters. The molecule has 0 radical (unpaired) electrons. The van der Waals surface area contributed by atoms with E-state index < -0.39 is 0 Å². The molecule has 3 nitrogen and oxygen atoms in total. The molecule has 0 aromatic heterocycles. The number of hydrogen-bond donors (Lipinski definition) is 2. The Balaban J connectivity index is 1.99. The quantitative estimate of drug-likeness (QED) is 0.798. The fourth-order valence-electron chi connectivity index (χ4n) is 1.82. The maximum absolute atomic E-state index is 11.8. The van der Waals surface area contributed by atoms with Crippen LogP contribution in [0.1, 0.15) is 25.3 Å². The van der Waals surface area contributed by atoms with E-state index in [1.165, 1.54) is 0 Å². The Labute approximate surface area is 107 Å². The van der Waals surface area contributed by atoms with Gasteiger partial charge in [-0.15, -0.1) is 0 Å². The van der Waals surface area contributed by atoms with Crippen molar-refractivity contribution in [2.75, 3.05) is 11.9 Å². The van der Waals surface area contributed by atoms with Crippen molar-refractivity contribution in [2.45, 2.75) is 19.8 Å². The molecular formula is C15H17NO2. The Kier molecular flexibility index (Phi) is 4.01. The molecule has 1 fully saturated rings. The molecule has 94 valence electrons. The van der Waals surface area contributed by atoms with E-state index in [2.05, 4.69) is 24.1 Å². The van der Waals surface area contributed by atoms with Gasteiger partial charge in [0.2, 0.25) is 5.91 Å². The number of aliphatic hydroxyl groups is 1. The summed E-state index contributed by atoms with van der Waals surface area (Å²) in [6.07, 6.45) is 1.46. The average molecular weight is 243 g/mol. The lowest BCUT2D eigenvalue weighted by Gasteiger charge is -2.04. The van der Waals surface area contributed by atoms with Crippen LogP contribution in [-0.2, 0) is 4.79 Å². The minimum atomic E-state index is 0.0724. The summed E-state index contributed by atoms with van der Waals surface area (Å²) < 4.78 is 0. The fraction of sp³-hybridized carbons (Fsp3) is 0.400. The number of carbonyl (C=O) groups excluding carboxylic acids is 1. The number of hydrogen-bond acceptors (Lipinski definition) is 2. The summed E-state index contributed by atoms with van der Waals surface area (Å²) in [5, 5.41) is 11.6. The monoisotopic (exact) mass is 243 g/mol. The second-order valence-electron chi connectivity index (χ2n) is 4.66. The smallest absolute Gasteiger partial charge is 0.227 e. The highest BCUT2D eigenvalue weighted by Gasteiger charge is 2.38. The van der Waals surface area contributed by atoms with Crippen molar-refractivity contribution in [1.82, 2.24) is 0 Å². The van der Waals surface area contributed by atoms with Gasteiger partial charge in [0.15, 0.2) is 0 Å². The first-order chi connectivity index (χ1) is 8.70. The maximum atomic E-state index is 11.8. The van der Waals surface area contributed by atoms with Crippen molar-refractivity contribution < 1.29 is 9.90 Å². The van der Waals surface area contributed by atoms with Crippen LogP contribution in [0.4, 0.5) is 5.69 Å². The number of nitrogens with one attached hydrogen (secondary N) is 1. The van der Waals surface area contributed by atoms with E-state index >= 15 is 0 Å². The van der Waals surface area contributed by atoms with E-state index in [0.29, 0.717) is 12.3 Å². The molecule has 1 saturated carbocycles. The molecule has 3 heteroatoms. The van der Waals surface area contributed by atoms with E-state index in [4.69, 9.17) is 5.11 Å². The molecule has 0 heterocycles. The molecular weight excluding hydrogens is 226 g/mol. The largest absolute Gasteiger partial charge is 0.395 e. The second kappa shape index (κ2) is 5.70. The van der Waals surface area contributed by atoms with E-state index in [0.717, 1.165) is 17.7 Å². The van der Waals surface area contributed by atoms with Gasteiger partial charge in [-0.3, -0.25) is 4.79 Å². The van der Waals surface area contributed by atoms with E-state index in [1.807, 2.05) is 24.3 Å². The van der Waals surface area contributed by atoms with Crippen molar-refractivity contribution in [1.29, 1.82) is 0 Å². The van der Waals surface area contributed by atoms with E-state index in [1.54, 1.807) is 0 Å². The Morgan fingerprint density at radius 1 is 1.56 bits per heavy atom. The van der Waals surface area contributed by atoms with Crippen LogP contribution in [0.15, 0.2) is 24.3 Å². The summed E-state index contributed by atoms with van der Waals surface area (Å²) in [5.74, 6) is 6.60. The molecule has 2 unspecified atom stereocenters. The standard InChI is InChI=1S/C15H17NO2/c1-11-9-14(11)15(18)16-13-7-4-6-12(10-13)5-2-3-8-17/h4,6-7,10-11,14,17H,3,8-9H2,1H3,(H,16,18). The highest BCUT2D eigenvalue weighted by atomic mass is 16.2. The summed E-state index contributed by atoms with van der Waals surface area (Å²) in [5.41, 5.74) is 1.64.